The molecule has 1 unspecified atom stereocenters. The first kappa shape index (κ1) is 12.0. The van der Waals surface area contributed by atoms with Crippen LogP contribution in [0.4, 0.5) is 0 Å². The SMILES string of the molecule is COc1c(C(=O)C(C)N)ccc(O)c1Br. The molecule has 4 nitrogen and oxygen atoms in total. The van der Waals surface area contributed by atoms with Crippen molar-refractivity contribution >= 4 is 21.7 Å². The number of ketones is 1. The third kappa shape index (κ3) is 2.30. The molecule has 0 saturated heterocycles. The van der Waals surface area contributed by atoms with Gasteiger partial charge in [0.25, 0.3) is 0 Å². The summed E-state index contributed by atoms with van der Waals surface area (Å²) < 4.78 is 5.40. The van der Waals surface area contributed by atoms with E-state index in [1.165, 1.54) is 19.2 Å². The first-order chi connectivity index (χ1) is 6.99. The molecule has 0 amide bonds. The number of phenols is 1. The molecule has 3 N–H and O–H groups in total. The number of methoxy groups -OCH3 is 1. The number of carbonyl (C=O) groups excluding carboxylic acids is 1. The van der Waals surface area contributed by atoms with Gasteiger partial charge in [-0.2, -0.15) is 0 Å². The second kappa shape index (κ2) is 4.63. The Morgan fingerprint density at radius 2 is 2.20 bits per heavy atom. The molecule has 0 aliphatic carbocycles. The van der Waals surface area contributed by atoms with Crippen LogP contribution in [-0.4, -0.2) is 24.0 Å². The van der Waals surface area contributed by atoms with E-state index in [1.807, 2.05) is 0 Å². The minimum atomic E-state index is -0.602. The van der Waals surface area contributed by atoms with E-state index in [1.54, 1.807) is 6.92 Å². The van der Waals surface area contributed by atoms with Crippen molar-refractivity contribution in [1.82, 2.24) is 0 Å². The van der Waals surface area contributed by atoms with E-state index in [4.69, 9.17) is 10.5 Å². The zero-order valence-electron chi connectivity index (χ0n) is 8.45. The van der Waals surface area contributed by atoms with Crippen molar-refractivity contribution in [1.29, 1.82) is 0 Å². The van der Waals surface area contributed by atoms with E-state index < -0.39 is 6.04 Å². The molecule has 0 aromatic heterocycles. The van der Waals surface area contributed by atoms with Gasteiger partial charge in [-0.3, -0.25) is 4.79 Å². The summed E-state index contributed by atoms with van der Waals surface area (Å²) in [5.74, 6) is 0.0953. The number of hydrogen-bond acceptors (Lipinski definition) is 4. The molecule has 5 heteroatoms. The van der Waals surface area contributed by atoms with Crippen LogP contribution >= 0.6 is 15.9 Å². The van der Waals surface area contributed by atoms with Crippen LogP contribution in [0.3, 0.4) is 0 Å². The van der Waals surface area contributed by atoms with E-state index in [0.717, 1.165) is 0 Å². The van der Waals surface area contributed by atoms with Crippen LogP contribution in [0.15, 0.2) is 16.6 Å². The first-order valence-corrected chi connectivity index (χ1v) is 5.13. The van der Waals surface area contributed by atoms with Crippen LogP contribution in [0.2, 0.25) is 0 Å². The molecule has 1 rings (SSSR count). The quantitative estimate of drug-likeness (QED) is 0.823. The average Bonchev–Trinajstić information content (AvgIpc) is 2.20. The monoisotopic (exact) mass is 273 g/mol. The number of nitrogens with two attached hydrogens (primary N) is 1. The summed E-state index contributed by atoms with van der Waals surface area (Å²) in [5.41, 5.74) is 5.86. The third-order valence-electron chi connectivity index (χ3n) is 1.96. The van der Waals surface area contributed by atoms with Gasteiger partial charge >= 0.3 is 0 Å². The number of Topliss-reactive ketones (excluding diaryl/α,β-unsaturated/α-hetero) is 1. The zero-order valence-corrected chi connectivity index (χ0v) is 10.0. The lowest BCUT2D eigenvalue weighted by atomic mass is 10.0. The highest BCUT2D eigenvalue weighted by molar-refractivity contribution is 9.10. The maximum atomic E-state index is 11.7. The van der Waals surface area contributed by atoms with Gasteiger partial charge in [0.15, 0.2) is 5.78 Å². The Kier molecular flexibility index (Phi) is 3.71. The molecule has 1 aromatic carbocycles. The van der Waals surface area contributed by atoms with Gasteiger partial charge in [0.2, 0.25) is 0 Å². The fraction of sp³-hybridized carbons (Fsp3) is 0.300. The van der Waals surface area contributed by atoms with Gasteiger partial charge in [-0.05, 0) is 35.0 Å². The predicted octanol–water partition coefficient (Wildman–Crippen LogP) is 1.69. The fourth-order valence-corrected chi connectivity index (χ4v) is 1.69. The van der Waals surface area contributed by atoms with Crippen molar-refractivity contribution < 1.29 is 14.6 Å². The van der Waals surface area contributed by atoms with Gasteiger partial charge in [-0.15, -0.1) is 0 Å². The Hall–Kier alpha value is -1.07. The normalized spacial score (nSPS) is 12.3. The summed E-state index contributed by atoms with van der Waals surface area (Å²) >= 11 is 3.14. The van der Waals surface area contributed by atoms with Crippen molar-refractivity contribution in [3.8, 4) is 11.5 Å². The van der Waals surface area contributed by atoms with E-state index in [2.05, 4.69) is 15.9 Å². The average molecular weight is 274 g/mol. The lowest BCUT2D eigenvalue weighted by Crippen LogP contribution is -2.27. The Morgan fingerprint density at radius 1 is 1.60 bits per heavy atom. The lowest BCUT2D eigenvalue weighted by molar-refractivity contribution is 0.0965. The molecule has 0 spiro atoms. The second-order valence-electron chi connectivity index (χ2n) is 3.13. The number of benzene rings is 1. The molecule has 0 heterocycles. The molecule has 0 fully saturated rings. The van der Waals surface area contributed by atoms with Crippen molar-refractivity contribution in [2.45, 2.75) is 13.0 Å². The van der Waals surface area contributed by atoms with E-state index in [0.29, 0.717) is 15.8 Å². The predicted molar refractivity (Wildman–Crippen MR) is 60.3 cm³/mol. The largest absolute Gasteiger partial charge is 0.507 e. The number of rotatable bonds is 3. The molecule has 0 aliphatic heterocycles. The zero-order chi connectivity index (χ0) is 11.6. The Balaban J connectivity index is 3.31. The van der Waals surface area contributed by atoms with Gasteiger partial charge in [0.05, 0.1) is 18.7 Å². The smallest absolute Gasteiger partial charge is 0.182 e. The first-order valence-electron chi connectivity index (χ1n) is 4.34. The molecule has 82 valence electrons. The van der Waals surface area contributed by atoms with Crippen LogP contribution in [0.1, 0.15) is 17.3 Å². The molecule has 0 aliphatic rings. The lowest BCUT2D eigenvalue weighted by Gasteiger charge is -2.12. The Morgan fingerprint density at radius 3 is 2.67 bits per heavy atom. The molecule has 0 radical (unpaired) electrons. The van der Waals surface area contributed by atoms with Crippen LogP contribution in [-0.2, 0) is 0 Å². The molecular formula is C10H12BrNO3. The number of hydrogen-bond donors (Lipinski definition) is 2. The summed E-state index contributed by atoms with van der Waals surface area (Å²) in [6.45, 7) is 1.60. The summed E-state index contributed by atoms with van der Waals surface area (Å²) in [6.07, 6.45) is 0. The number of halogens is 1. The van der Waals surface area contributed by atoms with Crippen molar-refractivity contribution in [2.24, 2.45) is 5.73 Å². The molecule has 0 bridgehead atoms. The Bertz CT molecular complexity index is 390. The highest BCUT2D eigenvalue weighted by Gasteiger charge is 2.19. The van der Waals surface area contributed by atoms with Gasteiger partial charge in [-0.1, -0.05) is 0 Å². The van der Waals surface area contributed by atoms with E-state index >= 15 is 0 Å². The second-order valence-corrected chi connectivity index (χ2v) is 3.93. The molecule has 1 atom stereocenters. The van der Waals surface area contributed by atoms with E-state index in [-0.39, 0.29) is 11.5 Å². The number of ether oxygens (including phenoxy) is 1. The number of carbonyl (C=O) groups is 1. The highest BCUT2D eigenvalue weighted by atomic mass is 79.9. The summed E-state index contributed by atoms with van der Waals surface area (Å²) in [4.78, 5) is 11.7. The van der Waals surface area contributed by atoms with Gasteiger partial charge in [-0.25, -0.2) is 0 Å². The minimum absolute atomic E-state index is 0.0214. The van der Waals surface area contributed by atoms with Crippen LogP contribution in [0, 0.1) is 0 Å². The standard InChI is InChI=1S/C10H12BrNO3/c1-5(12)9(14)6-3-4-7(13)8(11)10(6)15-2/h3-5,13H,12H2,1-2H3. The maximum Gasteiger partial charge on any atom is 0.182 e. The fourth-order valence-electron chi connectivity index (χ4n) is 1.18. The van der Waals surface area contributed by atoms with Crippen LogP contribution in [0.5, 0.6) is 11.5 Å². The number of phenolic OH excluding ortho intramolecular Hbond substituents is 1. The summed E-state index contributed by atoms with van der Waals surface area (Å²) in [7, 11) is 1.43. The minimum Gasteiger partial charge on any atom is -0.507 e. The van der Waals surface area contributed by atoms with Crippen LogP contribution in [0.25, 0.3) is 0 Å². The Labute approximate surface area is 96.2 Å². The van der Waals surface area contributed by atoms with Crippen molar-refractivity contribution in [3.05, 3.63) is 22.2 Å². The molecule has 0 saturated carbocycles. The molecule has 1 aromatic rings. The van der Waals surface area contributed by atoms with E-state index in [9.17, 15) is 9.90 Å². The topological polar surface area (TPSA) is 72.5 Å². The van der Waals surface area contributed by atoms with Crippen LogP contribution < -0.4 is 10.5 Å². The van der Waals surface area contributed by atoms with Gasteiger partial charge < -0.3 is 15.6 Å². The van der Waals surface area contributed by atoms with Gasteiger partial charge in [0.1, 0.15) is 16.0 Å². The van der Waals surface area contributed by atoms with Gasteiger partial charge in [0, 0.05) is 0 Å². The summed E-state index contributed by atoms with van der Waals surface area (Å²) in [5, 5.41) is 9.41. The molecule has 15 heavy (non-hydrogen) atoms. The van der Waals surface area contributed by atoms with Crippen molar-refractivity contribution in [2.75, 3.05) is 7.11 Å². The maximum absolute atomic E-state index is 11.7. The third-order valence-corrected chi connectivity index (χ3v) is 2.73. The number of aromatic hydroxyl groups is 1. The van der Waals surface area contributed by atoms with Crippen molar-refractivity contribution in [3.63, 3.8) is 0 Å². The molecular weight excluding hydrogens is 262 g/mol. The summed E-state index contributed by atoms with van der Waals surface area (Å²) in [6, 6.07) is 2.31. The highest BCUT2D eigenvalue weighted by Crippen LogP contribution is 2.36.